The molecule has 0 heterocycles. The van der Waals surface area contributed by atoms with Crippen LogP contribution in [0.15, 0.2) is 30.3 Å². The fourth-order valence-electron chi connectivity index (χ4n) is 0.714. The zero-order chi connectivity index (χ0) is 10.8. The van der Waals surface area contributed by atoms with Gasteiger partial charge in [-0.3, -0.25) is 11.3 Å². The van der Waals surface area contributed by atoms with Crippen molar-refractivity contribution in [2.24, 2.45) is 5.84 Å². The second-order valence-corrected chi connectivity index (χ2v) is 2.92. The molecule has 0 radical (unpaired) electrons. The highest BCUT2D eigenvalue weighted by Gasteiger charge is 1.83. The Hall–Kier alpha value is -1.19. The lowest BCUT2D eigenvalue weighted by atomic mass is 10.2. The minimum atomic E-state index is 0.255. The molecule has 0 fully saturated rings. The molecule has 78 valence electrons. The highest BCUT2D eigenvalue weighted by molar-refractivity contribution is 5.74. The van der Waals surface area contributed by atoms with Gasteiger partial charge < -0.3 is 4.79 Å². The first kappa shape index (κ1) is 12.8. The second kappa shape index (κ2) is 8.41. The van der Waals surface area contributed by atoms with Gasteiger partial charge in [-0.15, -0.1) is 0 Å². The fourth-order valence-corrected chi connectivity index (χ4v) is 0.714. The third-order valence-corrected chi connectivity index (χ3v) is 1.65. The minimum Gasteiger partial charge on any atom is -0.300 e. The highest BCUT2D eigenvalue weighted by atomic mass is 16.1. The summed E-state index contributed by atoms with van der Waals surface area (Å²) in [4.78, 5) is 9.81. The van der Waals surface area contributed by atoms with Crippen LogP contribution in [0.3, 0.4) is 0 Å². The molecule has 0 bridgehead atoms. The normalized spacial score (nSPS) is 8.79. The number of nitrogens with one attached hydrogen (secondary N) is 1. The summed E-state index contributed by atoms with van der Waals surface area (Å²) < 4.78 is 0. The molecule has 0 aromatic heterocycles. The maximum atomic E-state index is 9.81. The number of ketones is 1. The number of hydrogen-bond donors (Lipinski definition) is 2. The van der Waals surface area contributed by atoms with Gasteiger partial charge in [0.05, 0.1) is 0 Å². The number of hydrogen-bond acceptors (Lipinski definition) is 3. The minimum absolute atomic E-state index is 0.255. The van der Waals surface area contributed by atoms with E-state index < -0.39 is 0 Å². The number of Topliss-reactive ketones (excluding diaryl/α,β-unsaturated/α-hetero) is 1. The molecular weight excluding hydrogens is 176 g/mol. The van der Waals surface area contributed by atoms with E-state index in [4.69, 9.17) is 5.84 Å². The van der Waals surface area contributed by atoms with E-state index in [1.165, 1.54) is 5.56 Å². The van der Waals surface area contributed by atoms with Gasteiger partial charge in [0.2, 0.25) is 0 Å². The number of carbonyl (C=O) groups excluding carboxylic acids is 1. The van der Waals surface area contributed by atoms with Crippen molar-refractivity contribution < 1.29 is 4.79 Å². The highest BCUT2D eigenvalue weighted by Crippen LogP contribution is 1.95. The summed E-state index contributed by atoms with van der Waals surface area (Å²) >= 11 is 0. The van der Waals surface area contributed by atoms with E-state index in [0.717, 1.165) is 6.54 Å². The van der Waals surface area contributed by atoms with Crippen LogP contribution in [0, 0.1) is 0 Å². The standard InChI is InChI=1S/C7H10N2.C4H8O/c8-9-6-7-4-2-1-3-5-7;1-3-4(2)5/h1-5,9H,6,8H2;3H2,1-2H3. The van der Waals surface area contributed by atoms with Crippen molar-refractivity contribution in [3.05, 3.63) is 35.9 Å². The third kappa shape index (κ3) is 7.46. The molecule has 0 amide bonds. The van der Waals surface area contributed by atoms with Crippen molar-refractivity contribution >= 4 is 5.78 Å². The lowest BCUT2D eigenvalue weighted by Gasteiger charge is -1.95. The molecule has 14 heavy (non-hydrogen) atoms. The Balaban J connectivity index is 0.000000292. The average molecular weight is 194 g/mol. The maximum absolute atomic E-state index is 9.81. The Morgan fingerprint density at radius 2 is 1.86 bits per heavy atom. The Morgan fingerprint density at radius 3 is 2.21 bits per heavy atom. The molecule has 0 spiro atoms. The molecule has 0 unspecified atom stereocenters. The Kier molecular flexibility index (Phi) is 7.70. The van der Waals surface area contributed by atoms with E-state index in [1.54, 1.807) is 6.92 Å². The van der Waals surface area contributed by atoms with Crippen molar-refractivity contribution in [3.8, 4) is 0 Å². The van der Waals surface area contributed by atoms with Crippen molar-refractivity contribution in [2.75, 3.05) is 0 Å². The molecule has 3 heteroatoms. The Bertz CT molecular complexity index is 247. The zero-order valence-electron chi connectivity index (χ0n) is 8.79. The third-order valence-electron chi connectivity index (χ3n) is 1.65. The molecule has 0 saturated carbocycles. The van der Waals surface area contributed by atoms with Crippen LogP contribution in [0.1, 0.15) is 25.8 Å². The van der Waals surface area contributed by atoms with Gasteiger partial charge in [0.15, 0.2) is 0 Å². The van der Waals surface area contributed by atoms with Crippen LogP contribution < -0.4 is 11.3 Å². The topological polar surface area (TPSA) is 55.1 Å². The van der Waals surface area contributed by atoms with Crippen LogP contribution in [0.25, 0.3) is 0 Å². The molecule has 0 aliphatic carbocycles. The molecule has 0 aliphatic heterocycles. The van der Waals surface area contributed by atoms with Gasteiger partial charge in [-0.05, 0) is 12.5 Å². The fraction of sp³-hybridized carbons (Fsp3) is 0.364. The lowest BCUT2D eigenvalue weighted by molar-refractivity contribution is -0.116. The van der Waals surface area contributed by atoms with Crippen LogP contribution in [0.5, 0.6) is 0 Å². The molecule has 0 saturated heterocycles. The number of benzene rings is 1. The predicted molar refractivity (Wildman–Crippen MR) is 58.4 cm³/mol. The molecule has 0 aliphatic rings. The van der Waals surface area contributed by atoms with E-state index in [1.807, 2.05) is 37.3 Å². The molecular formula is C11H18N2O. The number of rotatable bonds is 3. The first-order valence-corrected chi connectivity index (χ1v) is 4.67. The molecule has 3 nitrogen and oxygen atoms in total. The van der Waals surface area contributed by atoms with E-state index in [0.29, 0.717) is 6.42 Å². The smallest absolute Gasteiger partial charge is 0.129 e. The number of hydrazine groups is 1. The van der Waals surface area contributed by atoms with Crippen LogP contribution in [0.2, 0.25) is 0 Å². The summed E-state index contributed by atoms with van der Waals surface area (Å²) in [5, 5.41) is 0. The van der Waals surface area contributed by atoms with Crippen LogP contribution in [-0.2, 0) is 11.3 Å². The zero-order valence-corrected chi connectivity index (χ0v) is 8.79. The summed E-state index contributed by atoms with van der Waals surface area (Å²) in [6.45, 7) is 4.17. The van der Waals surface area contributed by atoms with Crippen molar-refractivity contribution in [2.45, 2.75) is 26.8 Å². The van der Waals surface area contributed by atoms with Crippen LogP contribution in [-0.4, -0.2) is 5.78 Å². The number of carbonyl (C=O) groups is 1. The lowest BCUT2D eigenvalue weighted by Crippen LogP contribution is -2.20. The number of nitrogens with two attached hydrogens (primary N) is 1. The average Bonchev–Trinajstić information content (AvgIpc) is 2.21. The molecule has 1 aromatic rings. The second-order valence-electron chi connectivity index (χ2n) is 2.92. The Labute approximate surface area is 85.3 Å². The largest absolute Gasteiger partial charge is 0.300 e. The Morgan fingerprint density at radius 1 is 1.36 bits per heavy atom. The van der Waals surface area contributed by atoms with Gasteiger partial charge >= 0.3 is 0 Å². The van der Waals surface area contributed by atoms with Crippen molar-refractivity contribution in [3.63, 3.8) is 0 Å². The first-order chi connectivity index (χ1) is 6.70. The predicted octanol–water partition coefficient (Wildman–Crippen LogP) is 1.64. The maximum Gasteiger partial charge on any atom is 0.129 e. The van der Waals surface area contributed by atoms with E-state index in [2.05, 4.69) is 5.43 Å². The van der Waals surface area contributed by atoms with Gasteiger partial charge in [0, 0.05) is 13.0 Å². The van der Waals surface area contributed by atoms with Gasteiger partial charge in [0.1, 0.15) is 5.78 Å². The first-order valence-electron chi connectivity index (χ1n) is 4.67. The van der Waals surface area contributed by atoms with Crippen molar-refractivity contribution in [1.29, 1.82) is 0 Å². The van der Waals surface area contributed by atoms with Gasteiger partial charge in [-0.25, -0.2) is 0 Å². The van der Waals surface area contributed by atoms with Crippen LogP contribution >= 0.6 is 0 Å². The van der Waals surface area contributed by atoms with Gasteiger partial charge in [-0.2, -0.15) is 0 Å². The summed E-state index contributed by atoms with van der Waals surface area (Å²) in [5.41, 5.74) is 3.79. The van der Waals surface area contributed by atoms with Gasteiger partial charge in [0.25, 0.3) is 0 Å². The summed E-state index contributed by atoms with van der Waals surface area (Å²) in [6, 6.07) is 10.0. The molecule has 0 atom stereocenters. The molecule has 1 rings (SSSR count). The quantitative estimate of drug-likeness (QED) is 0.568. The summed E-state index contributed by atoms with van der Waals surface area (Å²) in [6.07, 6.45) is 0.667. The van der Waals surface area contributed by atoms with E-state index in [9.17, 15) is 4.79 Å². The molecule has 3 N–H and O–H groups in total. The van der Waals surface area contributed by atoms with E-state index >= 15 is 0 Å². The van der Waals surface area contributed by atoms with Gasteiger partial charge in [-0.1, -0.05) is 37.3 Å². The monoisotopic (exact) mass is 194 g/mol. The van der Waals surface area contributed by atoms with Crippen LogP contribution in [0.4, 0.5) is 0 Å². The SMILES string of the molecule is CCC(C)=O.NNCc1ccccc1. The van der Waals surface area contributed by atoms with E-state index in [-0.39, 0.29) is 5.78 Å². The molecule has 1 aromatic carbocycles. The van der Waals surface area contributed by atoms with Crippen molar-refractivity contribution in [1.82, 2.24) is 5.43 Å². The summed E-state index contributed by atoms with van der Waals surface area (Å²) in [7, 11) is 0. The summed E-state index contributed by atoms with van der Waals surface area (Å²) in [5.74, 6) is 5.37.